The van der Waals surface area contributed by atoms with Crippen LogP contribution in [0.15, 0.2) is 35.1 Å². The highest BCUT2D eigenvalue weighted by Gasteiger charge is 2.08. The van der Waals surface area contributed by atoms with Gasteiger partial charge in [0.25, 0.3) is 0 Å². The molecule has 0 fully saturated rings. The molecule has 0 bridgehead atoms. The number of aryl methyl sites for hydroxylation is 1. The minimum absolute atomic E-state index is 0.258. The molecule has 0 aliphatic rings. The van der Waals surface area contributed by atoms with Gasteiger partial charge in [-0.05, 0) is 18.2 Å². The number of nitrogens with zero attached hydrogens (tertiary/aromatic N) is 2. The van der Waals surface area contributed by atoms with E-state index < -0.39 is 0 Å². The molecule has 0 unspecified atom stereocenters. The smallest absolute Gasteiger partial charge is 0.140 e. The first kappa shape index (κ1) is 9.40. The summed E-state index contributed by atoms with van der Waals surface area (Å²) in [5, 5.41) is 0. The lowest BCUT2D eigenvalue weighted by Crippen LogP contribution is -1.92. The maximum absolute atomic E-state index is 13.0. The predicted octanol–water partition coefficient (Wildman–Crippen LogP) is 2.99. The van der Waals surface area contributed by atoms with E-state index in [9.17, 15) is 4.39 Å². The molecule has 2 aromatic rings. The van der Waals surface area contributed by atoms with E-state index in [2.05, 4.69) is 20.9 Å². The molecule has 4 heteroatoms. The highest BCUT2D eigenvalue weighted by molar-refractivity contribution is 9.10. The first-order valence-corrected chi connectivity index (χ1v) is 4.90. The van der Waals surface area contributed by atoms with Crippen LogP contribution in [-0.4, -0.2) is 9.55 Å². The summed E-state index contributed by atoms with van der Waals surface area (Å²) in [6.07, 6.45) is 3.51. The molecule has 1 heterocycles. The van der Waals surface area contributed by atoms with Crippen LogP contribution in [0.1, 0.15) is 0 Å². The van der Waals surface area contributed by atoms with Crippen LogP contribution in [0.4, 0.5) is 4.39 Å². The molecule has 0 radical (unpaired) electrons. The Morgan fingerprint density at radius 3 is 2.86 bits per heavy atom. The lowest BCUT2D eigenvalue weighted by atomic mass is 10.2. The minimum Gasteiger partial charge on any atom is -0.334 e. The van der Waals surface area contributed by atoms with E-state index >= 15 is 0 Å². The molecule has 0 saturated carbocycles. The molecule has 0 amide bonds. The summed E-state index contributed by atoms with van der Waals surface area (Å²) in [6.45, 7) is 0. The number of halogens is 2. The molecule has 1 aromatic carbocycles. The highest BCUT2D eigenvalue weighted by atomic mass is 79.9. The van der Waals surface area contributed by atoms with Crippen molar-refractivity contribution >= 4 is 15.9 Å². The van der Waals surface area contributed by atoms with Crippen LogP contribution in [-0.2, 0) is 7.05 Å². The zero-order chi connectivity index (χ0) is 10.1. The molecule has 0 N–H and O–H groups in total. The van der Waals surface area contributed by atoms with Gasteiger partial charge in [0.15, 0.2) is 0 Å². The second kappa shape index (κ2) is 3.53. The van der Waals surface area contributed by atoms with Crippen LogP contribution in [0.25, 0.3) is 11.4 Å². The Balaban J connectivity index is 2.62. The molecule has 2 nitrogen and oxygen atoms in total. The van der Waals surface area contributed by atoms with E-state index in [1.165, 1.54) is 12.1 Å². The molecular formula is C10H8BrFN2. The van der Waals surface area contributed by atoms with Gasteiger partial charge in [-0.2, -0.15) is 0 Å². The van der Waals surface area contributed by atoms with Crippen LogP contribution >= 0.6 is 15.9 Å². The molecule has 0 aliphatic carbocycles. The minimum atomic E-state index is -0.258. The summed E-state index contributed by atoms with van der Waals surface area (Å²) >= 11 is 3.37. The van der Waals surface area contributed by atoms with Crippen LogP contribution in [0, 0.1) is 5.82 Å². The Hall–Kier alpha value is -1.16. The lowest BCUT2D eigenvalue weighted by molar-refractivity contribution is 0.627. The van der Waals surface area contributed by atoms with E-state index in [1.54, 1.807) is 12.3 Å². The van der Waals surface area contributed by atoms with Gasteiger partial charge >= 0.3 is 0 Å². The standard InChI is InChI=1S/C10H8BrFN2/c1-14-5-4-13-10(14)8-6-7(12)2-3-9(8)11/h2-6H,1H3. The maximum atomic E-state index is 13.0. The van der Waals surface area contributed by atoms with Crippen LogP contribution in [0.3, 0.4) is 0 Å². The van der Waals surface area contributed by atoms with Crippen molar-refractivity contribution in [1.82, 2.24) is 9.55 Å². The summed E-state index contributed by atoms with van der Waals surface area (Å²) in [5.74, 6) is 0.488. The predicted molar refractivity (Wildman–Crippen MR) is 56.3 cm³/mol. The Labute approximate surface area is 89.5 Å². The van der Waals surface area contributed by atoms with Crippen molar-refractivity contribution in [1.29, 1.82) is 0 Å². The van der Waals surface area contributed by atoms with Crippen molar-refractivity contribution in [2.45, 2.75) is 0 Å². The van der Waals surface area contributed by atoms with Crippen LogP contribution in [0.5, 0.6) is 0 Å². The number of benzene rings is 1. The van der Waals surface area contributed by atoms with Gasteiger partial charge < -0.3 is 4.57 Å². The molecule has 0 aliphatic heterocycles. The normalized spacial score (nSPS) is 10.5. The number of rotatable bonds is 1. The van der Waals surface area contributed by atoms with E-state index in [-0.39, 0.29) is 5.82 Å². The topological polar surface area (TPSA) is 17.8 Å². The quantitative estimate of drug-likeness (QED) is 0.765. The van der Waals surface area contributed by atoms with E-state index in [0.29, 0.717) is 0 Å². The zero-order valence-corrected chi connectivity index (χ0v) is 9.12. The second-order valence-electron chi connectivity index (χ2n) is 2.99. The van der Waals surface area contributed by atoms with Crippen molar-refractivity contribution in [3.63, 3.8) is 0 Å². The Morgan fingerprint density at radius 2 is 2.21 bits per heavy atom. The van der Waals surface area contributed by atoms with Gasteiger partial charge in [-0.3, -0.25) is 0 Å². The number of hydrogen-bond acceptors (Lipinski definition) is 1. The third-order valence-electron chi connectivity index (χ3n) is 1.99. The first-order chi connectivity index (χ1) is 6.68. The third kappa shape index (κ3) is 1.57. The van der Waals surface area contributed by atoms with Crippen LogP contribution < -0.4 is 0 Å². The third-order valence-corrected chi connectivity index (χ3v) is 2.68. The maximum Gasteiger partial charge on any atom is 0.140 e. The van der Waals surface area contributed by atoms with Crippen molar-refractivity contribution in [2.24, 2.45) is 7.05 Å². The Bertz CT molecular complexity index is 465. The summed E-state index contributed by atoms with van der Waals surface area (Å²) in [5.41, 5.74) is 0.762. The Morgan fingerprint density at radius 1 is 1.43 bits per heavy atom. The summed E-state index contributed by atoms with van der Waals surface area (Å²) < 4.78 is 15.7. The van der Waals surface area contributed by atoms with Gasteiger partial charge in [-0.15, -0.1) is 0 Å². The fraction of sp³-hybridized carbons (Fsp3) is 0.100. The fourth-order valence-corrected chi connectivity index (χ4v) is 1.72. The average molecular weight is 255 g/mol. The molecule has 0 saturated heterocycles. The van der Waals surface area contributed by atoms with E-state index in [4.69, 9.17) is 0 Å². The Kier molecular flexibility index (Phi) is 2.37. The molecule has 72 valence electrons. The molecule has 0 spiro atoms. The second-order valence-corrected chi connectivity index (χ2v) is 3.84. The van der Waals surface area contributed by atoms with Gasteiger partial charge in [0, 0.05) is 29.5 Å². The SMILES string of the molecule is Cn1ccnc1-c1cc(F)ccc1Br. The van der Waals surface area contributed by atoms with Crippen molar-refractivity contribution in [3.8, 4) is 11.4 Å². The molecule has 1 aromatic heterocycles. The number of imidazole rings is 1. The van der Waals surface area contributed by atoms with Crippen molar-refractivity contribution in [2.75, 3.05) is 0 Å². The average Bonchev–Trinajstić information content (AvgIpc) is 2.56. The van der Waals surface area contributed by atoms with Crippen LogP contribution in [0.2, 0.25) is 0 Å². The van der Waals surface area contributed by atoms with E-state index in [1.807, 2.05) is 17.8 Å². The first-order valence-electron chi connectivity index (χ1n) is 4.11. The van der Waals surface area contributed by atoms with Gasteiger partial charge in [0.05, 0.1) is 0 Å². The largest absolute Gasteiger partial charge is 0.334 e. The van der Waals surface area contributed by atoms with Gasteiger partial charge in [0.2, 0.25) is 0 Å². The van der Waals surface area contributed by atoms with Gasteiger partial charge in [-0.1, -0.05) is 15.9 Å². The zero-order valence-electron chi connectivity index (χ0n) is 7.54. The number of aromatic nitrogens is 2. The summed E-state index contributed by atoms with van der Waals surface area (Å²) in [4.78, 5) is 4.15. The molecule has 14 heavy (non-hydrogen) atoms. The highest BCUT2D eigenvalue weighted by Crippen LogP contribution is 2.27. The van der Waals surface area contributed by atoms with Gasteiger partial charge in [-0.25, -0.2) is 9.37 Å². The monoisotopic (exact) mass is 254 g/mol. The van der Waals surface area contributed by atoms with Crippen molar-refractivity contribution < 1.29 is 4.39 Å². The van der Waals surface area contributed by atoms with Crippen molar-refractivity contribution in [3.05, 3.63) is 40.9 Å². The summed E-state index contributed by atoms with van der Waals surface area (Å²) in [6, 6.07) is 4.56. The molecular weight excluding hydrogens is 247 g/mol. The van der Waals surface area contributed by atoms with E-state index in [0.717, 1.165) is 15.9 Å². The summed E-state index contributed by atoms with van der Waals surface area (Å²) in [7, 11) is 1.87. The number of hydrogen-bond donors (Lipinski definition) is 0. The molecule has 2 rings (SSSR count). The molecule has 0 atom stereocenters. The van der Waals surface area contributed by atoms with Gasteiger partial charge in [0.1, 0.15) is 11.6 Å². The fourth-order valence-electron chi connectivity index (χ4n) is 1.29. The lowest BCUT2D eigenvalue weighted by Gasteiger charge is -2.04.